The van der Waals surface area contributed by atoms with Crippen LogP contribution in [-0.4, -0.2) is 25.6 Å². The van der Waals surface area contributed by atoms with E-state index in [2.05, 4.69) is 9.97 Å². The van der Waals surface area contributed by atoms with Crippen molar-refractivity contribution in [3.05, 3.63) is 28.8 Å². The summed E-state index contributed by atoms with van der Waals surface area (Å²) in [6.45, 7) is 1.85. The summed E-state index contributed by atoms with van der Waals surface area (Å²) < 4.78 is 2.86. The maximum Gasteiger partial charge on any atom is 0.308 e. The minimum absolute atomic E-state index is 0.0481. The van der Waals surface area contributed by atoms with Gasteiger partial charge >= 0.3 is 5.97 Å². The van der Waals surface area contributed by atoms with Gasteiger partial charge in [0.05, 0.1) is 17.9 Å². The van der Waals surface area contributed by atoms with E-state index in [0.717, 1.165) is 26.5 Å². The third-order valence-corrected chi connectivity index (χ3v) is 4.73. The quantitative estimate of drug-likeness (QED) is 0.851. The molecular weight excluding hydrogens is 270 g/mol. The Balaban J connectivity index is 2.02. The maximum atomic E-state index is 10.7. The summed E-state index contributed by atoms with van der Waals surface area (Å²) in [6.07, 6.45) is 3.71. The Bertz CT molecular complexity index is 562. The second-order valence-corrected chi connectivity index (χ2v) is 6.11. The lowest BCUT2D eigenvalue weighted by Gasteiger charge is -1.98. The molecule has 0 unspecified atom stereocenters. The molecule has 0 aliphatic heterocycles. The van der Waals surface area contributed by atoms with Crippen LogP contribution in [0.2, 0.25) is 0 Å². The molecule has 0 amide bonds. The molecule has 0 spiro atoms. The Morgan fingerprint density at radius 3 is 3.00 bits per heavy atom. The van der Waals surface area contributed by atoms with E-state index in [-0.39, 0.29) is 6.42 Å². The molecule has 0 saturated heterocycles. The first-order chi connectivity index (χ1) is 8.56. The fourth-order valence-electron chi connectivity index (χ4n) is 1.43. The second kappa shape index (κ2) is 5.53. The van der Waals surface area contributed by atoms with Gasteiger partial charge in [-0.2, -0.15) is 0 Å². The molecule has 1 N–H and O–H groups in total. The number of thiazole rings is 1. The number of nitrogens with zero attached hydrogens (tertiary/aromatic N) is 3. The minimum Gasteiger partial charge on any atom is -0.481 e. The Morgan fingerprint density at radius 1 is 1.61 bits per heavy atom. The van der Waals surface area contributed by atoms with Crippen LogP contribution in [0.1, 0.15) is 16.4 Å². The van der Waals surface area contributed by atoms with Crippen LogP contribution in [0.3, 0.4) is 0 Å². The van der Waals surface area contributed by atoms with Crippen LogP contribution in [-0.2, 0) is 24.0 Å². The fourth-order valence-corrected chi connectivity index (χ4v) is 3.66. The van der Waals surface area contributed by atoms with Gasteiger partial charge in [-0.3, -0.25) is 4.79 Å². The van der Waals surface area contributed by atoms with Gasteiger partial charge in [0, 0.05) is 24.3 Å². The van der Waals surface area contributed by atoms with Crippen molar-refractivity contribution in [1.82, 2.24) is 14.5 Å². The molecule has 5 nitrogen and oxygen atoms in total. The van der Waals surface area contributed by atoms with Gasteiger partial charge < -0.3 is 9.67 Å². The van der Waals surface area contributed by atoms with Gasteiger partial charge in [0.1, 0.15) is 5.82 Å². The van der Waals surface area contributed by atoms with Gasteiger partial charge in [0.15, 0.2) is 4.34 Å². The molecule has 7 heteroatoms. The normalized spacial score (nSPS) is 10.8. The molecule has 2 heterocycles. The Kier molecular flexibility index (Phi) is 4.03. The predicted molar refractivity (Wildman–Crippen MR) is 71.0 cm³/mol. The predicted octanol–water partition coefficient (Wildman–Crippen LogP) is 2.10. The van der Waals surface area contributed by atoms with Gasteiger partial charge in [-0.15, -0.1) is 11.3 Å². The van der Waals surface area contributed by atoms with Crippen molar-refractivity contribution >= 4 is 29.1 Å². The van der Waals surface area contributed by atoms with Crippen molar-refractivity contribution < 1.29 is 9.90 Å². The molecule has 2 rings (SSSR count). The zero-order chi connectivity index (χ0) is 13.1. The number of hydrogen-bond acceptors (Lipinski definition) is 5. The number of imidazole rings is 1. The molecule has 0 fully saturated rings. The number of carboxylic acids is 1. The van der Waals surface area contributed by atoms with Crippen molar-refractivity contribution in [3.8, 4) is 0 Å². The molecule has 0 saturated carbocycles. The van der Waals surface area contributed by atoms with E-state index in [4.69, 9.17) is 5.11 Å². The summed E-state index contributed by atoms with van der Waals surface area (Å²) >= 11 is 3.04. The fraction of sp³-hybridized carbons (Fsp3) is 0.364. The van der Waals surface area contributed by atoms with Crippen LogP contribution in [0.5, 0.6) is 0 Å². The number of carboxylic acid groups (broad SMARTS) is 1. The minimum atomic E-state index is -0.817. The van der Waals surface area contributed by atoms with Crippen LogP contribution in [0.15, 0.2) is 16.7 Å². The molecule has 0 radical (unpaired) electrons. The molecule has 0 aliphatic carbocycles. The first kappa shape index (κ1) is 13.1. The number of hydrogen-bond donors (Lipinski definition) is 1. The third kappa shape index (κ3) is 3.11. The van der Waals surface area contributed by atoms with Gasteiger partial charge in [-0.05, 0) is 6.92 Å². The SMILES string of the molecule is Cc1nc(SCc2nccn2C)sc1CC(=O)O. The summed E-state index contributed by atoms with van der Waals surface area (Å²) in [5.41, 5.74) is 0.810. The van der Waals surface area contributed by atoms with Crippen LogP contribution in [0.25, 0.3) is 0 Å². The molecule has 0 aromatic carbocycles. The average molecular weight is 283 g/mol. The lowest BCUT2D eigenvalue weighted by atomic mass is 10.3. The molecule has 0 aliphatic rings. The van der Waals surface area contributed by atoms with Crippen LogP contribution in [0.4, 0.5) is 0 Å². The lowest BCUT2D eigenvalue weighted by molar-refractivity contribution is -0.136. The van der Waals surface area contributed by atoms with Crippen LogP contribution < -0.4 is 0 Å². The van der Waals surface area contributed by atoms with E-state index < -0.39 is 5.97 Å². The van der Waals surface area contributed by atoms with Gasteiger partial charge in [0.25, 0.3) is 0 Å². The molecule has 96 valence electrons. The van der Waals surface area contributed by atoms with E-state index >= 15 is 0 Å². The van der Waals surface area contributed by atoms with Crippen molar-refractivity contribution in [2.24, 2.45) is 7.05 Å². The highest BCUT2D eigenvalue weighted by Crippen LogP contribution is 2.29. The van der Waals surface area contributed by atoms with E-state index in [1.165, 1.54) is 11.3 Å². The first-order valence-electron chi connectivity index (χ1n) is 5.33. The molecule has 2 aromatic rings. The van der Waals surface area contributed by atoms with Gasteiger partial charge in [-0.1, -0.05) is 11.8 Å². The molecular formula is C11H13N3O2S2. The molecule has 18 heavy (non-hydrogen) atoms. The van der Waals surface area contributed by atoms with Crippen LogP contribution >= 0.6 is 23.1 Å². The van der Waals surface area contributed by atoms with E-state index in [1.54, 1.807) is 18.0 Å². The number of thioether (sulfide) groups is 1. The molecule has 2 aromatic heterocycles. The number of aliphatic carboxylic acids is 1. The smallest absolute Gasteiger partial charge is 0.308 e. The Hall–Kier alpha value is -1.34. The summed E-state index contributed by atoms with van der Waals surface area (Å²) in [7, 11) is 1.95. The molecule has 0 bridgehead atoms. The zero-order valence-electron chi connectivity index (χ0n) is 10.1. The number of aromatic nitrogens is 3. The highest BCUT2D eigenvalue weighted by atomic mass is 32.2. The third-order valence-electron chi connectivity index (χ3n) is 2.43. The Labute approximate surface area is 113 Å². The topological polar surface area (TPSA) is 68.0 Å². The monoisotopic (exact) mass is 283 g/mol. The summed E-state index contributed by atoms with van der Waals surface area (Å²) in [5.74, 6) is 0.901. The van der Waals surface area contributed by atoms with Crippen molar-refractivity contribution in [1.29, 1.82) is 0 Å². The van der Waals surface area contributed by atoms with Crippen LogP contribution in [0, 0.1) is 6.92 Å². The van der Waals surface area contributed by atoms with Crippen molar-refractivity contribution in [2.75, 3.05) is 0 Å². The van der Waals surface area contributed by atoms with Crippen molar-refractivity contribution in [3.63, 3.8) is 0 Å². The van der Waals surface area contributed by atoms with Crippen molar-refractivity contribution in [2.45, 2.75) is 23.4 Å². The lowest BCUT2D eigenvalue weighted by Crippen LogP contribution is -1.99. The maximum absolute atomic E-state index is 10.7. The standard InChI is InChI=1S/C11H13N3O2S2/c1-7-8(5-10(15)16)18-11(13-7)17-6-9-12-3-4-14(9)2/h3-4H,5-6H2,1-2H3,(H,15,16). The molecule has 0 atom stereocenters. The van der Waals surface area contributed by atoms with E-state index in [0.29, 0.717) is 0 Å². The van der Waals surface area contributed by atoms with E-state index in [9.17, 15) is 4.79 Å². The number of aryl methyl sites for hydroxylation is 2. The number of rotatable bonds is 5. The van der Waals surface area contributed by atoms with Gasteiger partial charge in [-0.25, -0.2) is 9.97 Å². The summed E-state index contributed by atoms with van der Waals surface area (Å²) in [6, 6.07) is 0. The first-order valence-corrected chi connectivity index (χ1v) is 7.13. The highest BCUT2D eigenvalue weighted by molar-refractivity contribution is 8.00. The average Bonchev–Trinajstić information content (AvgIpc) is 2.83. The largest absolute Gasteiger partial charge is 0.481 e. The number of carbonyl (C=O) groups is 1. The van der Waals surface area contributed by atoms with E-state index in [1.807, 2.05) is 24.7 Å². The summed E-state index contributed by atoms with van der Waals surface area (Å²) in [5, 5.41) is 8.78. The zero-order valence-corrected chi connectivity index (χ0v) is 11.7. The summed E-state index contributed by atoms with van der Waals surface area (Å²) in [4.78, 5) is 20.1. The van der Waals surface area contributed by atoms with Gasteiger partial charge in [0.2, 0.25) is 0 Å². The second-order valence-electron chi connectivity index (χ2n) is 3.80. The Morgan fingerprint density at radius 2 is 2.39 bits per heavy atom. The highest BCUT2D eigenvalue weighted by Gasteiger charge is 2.12.